The number of hydrogen-bond donors (Lipinski definition) is 1. The summed E-state index contributed by atoms with van der Waals surface area (Å²) in [6, 6.07) is 19.4. The van der Waals surface area contributed by atoms with Crippen LogP contribution in [0.5, 0.6) is 0 Å². The van der Waals surface area contributed by atoms with E-state index >= 15 is 0 Å². The average molecular weight is 379 g/mol. The highest BCUT2D eigenvalue weighted by atomic mass is 32.2. The highest BCUT2D eigenvalue weighted by molar-refractivity contribution is 7.89. The first kappa shape index (κ1) is 17.3. The number of aromatic nitrogens is 4. The minimum atomic E-state index is -3.80. The molecule has 1 N–H and O–H groups in total. The van der Waals surface area contributed by atoms with E-state index < -0.39 is 16.2 Å². The first-order valence-electron chi connectivity index (χ1n) is 8.34. The van der Waals surface area contributed by atoms with Crippen molar-refractivity contribution in [3.05, 3.63) is 84.2 Å². The molecule has 0 fully saturated rings. The maximum atomic E-state index is 13.0. The lowest BCUT2D eigenvalue weighted by Gasteiger charge is -2.19. The van der Waals surface area contributed by atoms with Crippen molar-refractivity contribution in [1.29, 1.82) is 0 Å². The molecule has 7 nitrogen and oxygen atoms in total. The van der Waals surface area contributed by atoms with Gasteiger partial charge < -0.3 is 0 Å². The molecule has 0 amide bonds. The van der Waals surface area contributed by atoms with Crippen LogP contribution in [0.3, 0.4) is 0 Å². The smallest absolute Gasteiger partial charge is 0.242 e. The molecular formula is C19H17N5O2S. The normalized spacial score (nSPS) is 12.9. The molecule has 4 rings (SSSR count). The molecule has 0 bridgehead atoms. The molecule has 0 aliphatic carbocycles. The maximum Gasteiger partial charge on any atom is 0.242 e. The van der Waals surface area contributed by atoms with Crippen LogP contribution in [-0.2, 0) is 10.0 Å². The second-order valence-corrected chi connectivity index (χ2v) is 7.83. The highest BCUT2D eigenvalue weighted by Gasteiger charge is 2.26. The number of fused-ring (bicyclic) bond motifs is 1. The van der Waals surface area contributed by atoms with Crippen LogP contribution in [0.1, 0.15) is 17.4 Å². The fourth-order valence-electron chi connectivity index (χ4n) is 2.78. The monoisotopic (exact) mass is 379 g/mol. The van der Waals surface area contributed by atoms with E-state index in [1.54, 1.807) is 48.7 Å². The molecule has 136 valence electrons. The zero-order valence-electron chi connectivity index (χ0n) is 14.5. The molecule has 2 aromatic carbocycles. The van der Waals surface area contributed by atoms with E-state index in [9.17, 15) is 8.42 Å². The second kappa shape index (κ2) is 6.90. The summed E-state index contributed by atoms with van der Waals surface area (Å²) in [6.45, 7) is 1.90. The van der Waals surface area contributed by atoms with Gasteiger partial charge in [-0.3, -0.25) is 4.98 Å². The van der Waals surface area contributed by atoms with Gasteiger partial charge in [0.25, 0.3) is 0 Å². The molecule has 0 spiro atoms. The minimum Gasteiger partial charge on any atom is -0.258 e. The third-order valence-corrected chi connectivity index (χ3v) is 5.61. The van der Waals surface area contributed by atoms with E-state index in [4.69, 9.17) is 0 Å². The predicted molar refractivity (Wildman–Crippen MR) is 101 cm³/mol. The van der Waals surface area contributed by atoms with Crippen molar-refractivity contribution in [3.8, 4) is 0 Å². The van der Waals surface area contributed by atoms with Crippen LogP contribution in [-0.4, -0.2) is 28.4 Å². The topological polar surface area (TPSA) is 89.8 Å². The largest absolute Gasteiger partial charge is 0.258 e. The van der Waals surface area contributed by atoms with Crippen LogP contribution in [0.15, 0.2) is 77.8 Å². The Morgan fingerprint density at radius 2 is 1.70 bits per heavy atom. The number of pyridine rings is 1. The SMILES string of the molecule is Cc1ccc(S(=O)(=O)NC(c2ccccn2)n2nnc3ccccc32)cc1. The van der Waals surface area contributed by atoms with E-state index in [1.165, 1.54) is 4.68 Å². The van der Waals surface area contributed by atoms with E-state index in [2.05, 4.69) is 20.0 Å². The molecule has 2 aromatic heterocycles. The molecule has 27 heavy (non-hydrogen) atoms. The predicted octanol–water partition coefficient (Wildman–Crippen LogP) is 2.66. The van der Waals surface area contributed by atoms with Crippen molar-refractivity contribution in [2.24, 2.45) is 0 Å². The number of aryl methyl sites for hydroxylation is 1. The Morgan fingerprint density at radius 1 is 0.963 bits per heavy atom. The first-order valence-corrected chi connectivity index (χ1v) is 9.83. The highest BCUT2D eigenvalue weighted by Crippen LogP contribution is 2.21. The maximum absolute atomic E-state index is 13.0. The van der Waals surface area contributed by atoms with Gasteiger partial charge in [-0.15, -0.1) is 5.10 Å². The van der Waals surface area contributed by atoms with Gasteiger partial charge in [-0.05, 0) is 43.3 Å². The van der Waals surface area contributed by atoms with Crippen molar-refractivity contribution >= 4 is 21.1 Å². The van der Waals surface area contributed by atoms with Gasteiger partial charge in [0.2, 0.25) is 10.0 Å². The molecule has 0 saturated heterocycles. The molecule has 0 radical (unpaired) electrons. The van der Waals surface area contributed by atoms with Gasteiger partial charge in [0, 0.05) is 6.20 Å². The van der Waals surface area contributed by atoms with Gasteiger partial charge in [-0.2, -0.15) is 4.72 Å². The molecule has 8 heteroatoms. The Morgan fingerprint density at radius 3 is 2.44 bits per heavy atom. The van der Waals surface area contributed by atoms with Gasteiger partial charge >= 0.3 is 0 Å². The molecule has 1 atom stereocenters. The van der Waals surface area contributed by atoms with Crippen LogP contribution in [0.4, 0.5) is 0 Å². The Kier molecular flexibility index (Phi) is 4.43. The lowest BCUT2D eigenvalue weighted by atomic mass is 10.2. The lowest BCUT2D eigenvalue weighted by molar-refractivity contribution is 0.473. The number of benzene rings is 2. The molecule has 0 saturated carbocycles. The van der Waals surface area contributed by atoms with E-state index in [1.807, 2.05) is 31.2 Å². The lowest BCUT2D eigenvalue weighted by Crippen LogP contribution is -2.34. The molecular weight excluding hydrogens is 362 g/mol. The molecule has 2 heterocycles. The molecule has 0 aliphatic heterocycles. The number of nitrogens with zero attached hydrogens (tertiary/aromatic N) is 4. The van der Waals surface area contributed by atoms with Crippen molar-refractivity contribution in [2.75, 3.05) is 0 Å². The number of rotatable bonds is 5. The zero-order valence-corrected chi connectivity index (χ0v) is 15.3. The number of nitrogens with one attached hydrogen (secondary N) is 1. The van der Waals surface area contributed by atoms with Crippen LogP contribution in [0.25, 0.3) is 11.0 Å². The second-order valence-electron chi connectivity index (χ2n) is 6.11. The fourth-order valence-corrected chi connectivity index (χ4v) is 3.93. The molecule has 1 unspecified atom stereocenters. The van der Waals surface area contributed by atoms with Gasteiger partial charge in [0.05, 0.1) is 16.1 Å². The Balaban J connectivity index is 1.81. The summed E-state index contributed by atoms with van der Waals surface area (Å²) < 4.78 is 30.2. The quantitative estimate of drug-likeness (QED) is 0.576. The van der Waals surface area contributed by atoms with Crippen LogP contribution < -0.4 is 4.72 Å². The zero-order chi connectivity index (χ0) is 18.9. The third kappa shape index (κ3) is 3.44. The van der Waals surface area contributed by atoms with Crippen molar-refractivity contribution in [3.63, 3.8) is 0 Å². The number of sulfonamides is 1. The molecule has 4 aromatic rings. The Labute approximate surface area is 156 Å². The van der Waals surface area contributed by atoms with Gasteiger partial charge in [-0.1, -0.05) is 41.1 Å². The summed E-state index contributed by atoms with van der Waals surface area (Å²) >= 11 is 0. The molecule has 0 aliphatic rings. The number of hydrogen-bond acceptors (Lipinski definition) is 5. The number of para-hydroxylation sites is 1. The van der Waals surface area contributed by atoms with E-state index in [0.29, 0.717) is 16.7 Å². The van der Waals surface area contributed by atoms with Crippen molar-refractivity contribution in [1.82, 2.24) is 24.7 Å². The van der Waals surface area contributed by atoms with Gasteiger partial charge in [0.15, 0.2) is 6.17 Å². The van der Waals surface area contributed by atoms with Crippen LogP contribution in [0, 0.1) is 6.92 Å². The van der Waals surface area contributed by atoms with Crippen molar-refractivity contribution in [2.45, 2.75) is 18.0 Å². The summed E-state index contributed by atoms with van der Waals surface area (Å²) in [7, 11) is -3.80. The average Bonchev–Trinajstić information content (AvgIpc) is 3.11. The summed E-state index contributed by atoms with van der Waals surface area (Å²) in [6.07, 6.45) is 0.784. The minimum absolute atomic E-state index is 0.179. The Bertz CT molecular complexity index is 1170. The van der Waals surface area contributed by atoms with Gasteiger partial charge in [0.1, 0.15) is 5.52 Å². The van der Waals surface area contributed by atoms with Crippen LogP contribution >= 0.6 is 0 Å². The summed E-state index contributed by atoms with van der Waals surface area (Å²) in [4.78, 5) is 4.50. The summed E-state index contributed by atoms with van der Waals surface area (Å²) in [5, 5.41) is 8.29. The van der Waals surface area contributed by atoms with Crippen LogP contribution in [0.2, 0.25) is 0 Å². The Hall–Kier alpha value is -3.10. The fraction of sp³-hybridized carbons (Fsp3) is 0.105. The van der Waals surface area contributed by atoms with Crippen molar-refractivity contribution < 1.29 is 8.42 Å². The third-order valence-electron chi connectivity index (χ3n) is 4.19. The van der Waals surface area contributed by atoms with E-state index in [0.717, 1.165) is 5.56 Å². The van der Waals surface area contributed by atoms with E-state index in [-0.39, 0.29) is 4.90 Å². The van der Waals surface area contributed by atoms with Gasteiger partial charge in [-0.25, -0.2) is 13.1 Å². The standard InChI is InChI=1S/C19H17N5O2S/c1-14-9-11-15(12-10-14)27(25,26)22-19(17-7-4-5-13-20-17)24-18-8-3-2-6-16(18)21-23-24/h2-13,19,22H,1H3. The summed E-state index contributed by atoms with van der Waals surface area (Å²) in [5.74, 6) is 0. The first-order chi connectivity index (χ1) is 13.0. The summed E-state index contributed by atoms with van der Waals surface area (Å²) in [5.41, 5.74) is 2.88.